The smallest absolute Gasteiger partial charge is 0.243 e. The Bertz CT molecular complexity index is 1180. The Balaban J connectivity index is 1.63. The molecule has 0 spiro atoms. The van der Waals surface area contributed by atoms with Gasteiger partial charge in [-0.25, -0.2) is 17.8 Å². The number of fused-ring (bicyclic) bond motifs is 1. The van der Waals surface area contributed by atoms with E-state index in [9.17, 15) is 12.8 Å². The predicted octanol–water partition coefficient (Wildman–Crippen LogP) is 4.16. The van der Waals surface area contributed by atoms with Crippen molar-refractivity contribution in [1.29, 1.82) is 0 Å². The molecule has 0 saturated carbocycles. The highest BCUT2D eigenvalue weighted by atomic mass is 35.5. The van der Waals surface area contributed by atoms with Gasteiger partial charge in [0.05, 0.1) is 29.1 Å². The van der Waals surface area contributed by atoms with Crippen LogP contribution in [-0.4, -0.2) is 48.6 Å². The lowest BCUT2D eigenvalue weighted by molar-refractivity contribution is 0.0730. The molecule has 1 aromatic heterocycles. The van der Waals surface area contributed by atoms with Crippen molar-refractivity contribution in [1.82, 2.24) is 13.9 Å². The molecular formula is C20H21ClFN3O3S2. The van der Waals surface area contributed by atoms with E-state index < -0.39 is 10.0 Å². The van der Waals surface area contributed by atoms with Gasteiger partial charge < -0.3 is 9.30 Å². The zero-order chi connectivity index (χ0) is 21.3. The highest BCUT2D eigenvalue weighted by molar-refractivity contribution is 7.98. The normalized spacial score (nSPS) is 15.7. The van der Waals surface area contributed by atoms with Gasteiger partial charge in [-0.2, -0.15) is 4.31 Å². The number of benzene rings is 2. The van der Waals surface area contributed by atoms with E-state index in [1.807, 2.05) is 11.5 Å². The molecule has 1 saturated heterocycles. The average Bonchev–Trinajstić information content (AvgIpc) is 3.10. The Labute approximate surface area is 184 Å². The van der Waals surface area contributed by atoms with Crippen LogP contribution in [-0.2, 0) is 27.1 Å². The minimum absolute atomic E-state index is 0.232. The van der Waals surface area contributed by atoms with E-state index in [2.05, 4.69) is 4.98 Å². The van der Waals surface area contributed by atoms with Crippen molar-refractivity contribution in [2.75, 3.05) is 26.3 Å². The van der Waals surface area contributed by atoms with Gasteiger partial charge in [0, 0.05) is 30.4 Å². The van der Waals surface area contributed by atoms with Crippen LogP contribution in [0, 0.1) is 5.82 Å². The number of morpholine rings is 1. The minimum atomic E-state index is -3.58. The van der Waals surface area contributed by atoms with Gasteiger partial charge in [0.2, 0.25) is 10.0 Å². The van der Waals surface area contributed by atoms with Crippen LogP contribution in [0.5, 0.6) is 0 Å². The summed E-state index contributed by atoms with van der Waals surface area (Å²) in [6.45, 7) is 4.20. The predicted molar refractivity (Wildman–Crippen MR) is 116 cm³/mol. The fraction of sp³-hybridized carbons (Fsp3) is 0.350. The number of nitrogens with zero attached hydrogens (tertiary/aromatic N) is 3. The van der Waals surface area contributed by atoms with E-state index in [1.54, 1.807) is 24.3 Å². The third-order valence-electron chi connectivity index (χ3n) is 4.98. The average molecular weight is 470 g/mol. The molecule has 2 aromatic carbocycles. The third-order valence-corrected chi connectivity index (χ3v) is 8.25. The van der Waals surface area contributed by atoms with E-state index in [0.717, 1.165) is 16.2 Å². The molecule has 0 radical (unpaired) electrons. The summed E-state index contributed by atoms with van der Waals surface area (Å²) in [5, 5.41) is 1.13. The molecule has 0 atom stereocenters. The van der Waals surface area contributed by atoms with Gasteiger partial charge in [-0.1, -0.05) is 29.4 Å². The first kappa shape index (κ1) is 21.6. The van der Waals surface area contributed by atoms with Crippen LogP contribution in [0.25, 0.3) is 11.0 Å². The summed E-state index contributed by atoms with van der Waals surface area (Å²) in [5.41, 5.74) is 2.30. The molecule has 1 fully saturated rings. The number of aromatic nitrogens is 2. The van der Waals surface area contributed by atoms with Gasteiger partial charge in [0.25, 0.3) is 0 Å². The zero-order valence-corrected chi connectivity index (χ0v) is 18.7. The monoisotopic (exact) mass is 469 g/mol. The second-order valence-electron chi connectivity index (χ2n) is 6.83. The van der Waals surface area contributed by atoms with Crippen molar-refractivity contribution < 1.29 is 17.5 Å². The number of imidazole rings is 1. The van der Waals surface area contributed by atoms with Crippen LogP contribution < -0.4 is 0 Å². The highest BCUT2D eigenvalue weighted by Crippen LogP contribution is 2.31. The molecule has 4 rings (SSSR count). The second-order valence-corrected chi connectivity index (χ2v) is 10.1. The van der Waals surface area contributed by atoms with Crippen LogP contribution >= 0.6 is 23.4 Å². The molecule has 0 aliphatic carbocycles. The van der Waals surface area contributed by atoms with Crippen LogP contribution in [0.1, 0.15) is 12.5 Å². The van der Waals surface area contributed by atoms with Crippen molar-refractivity contribution in [3.8, 4) is 0 Å². The Hall–Kier alpha value is -1.65. The lowest BCUT2D eigenvalue weighted by atomic mass is 10.2. The molecule has 6 nitrogen and oxygen atoms in total. The van der Waals surface area contributed by atoms with Gasteiger partial charge in [-0.05, 0) is 42.8 Å². The Morgan fingerprint density at radius 3 is 2.67 bits per heavy atom. The van der Waals surface area contributed by atoms with Crippen LogP contribution in [0.2, 0.25) is 5.02 Å². The van der Waals surface area contributed by atoms with E-state index in [0.29, 0.717) is 49.1 Å². The van der Waals surface area contributed by atoms with Crippen molar-refractivity contribution in [2.24, 2.45) is 0 Å². The summed E-state index contributed by atoms with van der Waals surface area (Å²) in [4.78, 5) is 4.90. The molecule has 3 aromatic rings. The van der Waals surface area contributed by atoms with Crippen LogP contribution in [0.15, 0.2) is 46.5 Å². The number of ether oxygens (including phenoxy) is 1. The third kappa shape index (κ3) is 4.22. The van der Waals surface area contributed by atoms with Crippen LogP contribution in [0.4, 0.5) is 4.39 Å². The lowest BCUT2D eigenvalue weighted by Gasteiger charge is -2.26. The maximum atomic E-state index is 13.3. The van der Waals surface area contributed by atoms with E-state index in [-0.39, 0.29) is 10.7 Å². The number of rotatable bonds is 6. The van der Waals surface area contributed by atoms with Crippen molar-refractivity contribution >= 4 is 44.4 Å². The van der Waals surface area contributed by atoms with Gasteiger partial charge >= 0.3 is 0 Å². The van der Waals surface area contributed by atoms with Gasteiger partial charge in [0.1, 0.15) is 5.82 Å². The second kappa shape index (κ2) is 8.84. The Kier molecular flexibility index (Phi) is 6.36. The van der Waals surface area contributed by atoms with Gasteiger partial charge in [-0.15, -0.1) is 0 Å². The van der Waals surface area contributed by atoms with Crippen LogP contribution in [0.3, 0.4) is 0 Å². The van der Waals surface area contributed by atoms with Gasteiger partial charge in [-0.3, -0.25) is 0 Å². The van der Waals surface area contributed by atoms with Crippen molar-refractivity contribution in [3.05, 3.63) is 52.8 Å². The molecule has 10 heteroatoms. The highest BCUT2D eigenvalue weighted by Gasteiger charge is 2.27. The van der Waals surface area contributed by atoms with Crippen molar-refractivity contribution in [2.45, 2.75) is 29.3 Å². The largest absolute Gasteiger partial charge is 0.379 e. The van der Waals surface area contributed by atoms with Crippen molar-refractivity contribution in [3.63, 3.8) is 0 Å². The standard InChI is InChI=1S/C20H21ClFN3O3S2/c1-2-25-19-6-5-16(30(26,27)24-7-9-28-10-8-24)12-18(19)23-20(25)29-13-14-3-4-15(22)11-17(14)21/h3-6,11-12H,2,7-10,13H2,1H3. The number of thioether (sulfide) groups is 1. The molecule has 0 bridgehead atoms. The number of sulfonamides is 1. The van der Waals surface area contributed by atoms with Gasteiger partial charge in [0.15, 0.2) is 5.16 Å². The number of hydrogen-bond acceptors (Lipinski definition) is 5. The summed E-state index contributed by atoms with van der Waals surface area (Å²) in [6, 6.07) is 9.40. The quantitative estimate of drug-likeness (QED) is 0.507. The molecule has 30 heavy (non-hydrogen) atoms. The molecule has 160 valence electrons. The minimum Gasteiger partial charge on any atom is -0.379 e. The molecular weight excluding hydrogens is 449 g/mol. The lowest BCUT2D eigenvalue weighted by Crippen LogP contribution is -2.40. The molecule has 0 unspecified atom stereocenters. The van der Waals surface area contributed by atoms with E-state index in [4.69, 9.17) is 16.3 Å². The summed E-state index contributed by atoms with van der Waals surface area (Å²) in [7, 11) is -3.58. The maximum absolute atomic E-state index is 13.3. The molecule has 0 N–H and O–H groups in total. The van der Waals surface area contributed by atoms with E-state index in [1.165, 1.54) is 28.2 Å². The molecule has 2 heterocycles. The Morgan fingerprint density at radius 1 is 1.20 bits per heavy atom. The molecule has 1 aliphatic rings. The fourth-order valence-electron chi connectivity index (χ4n) is 3.38. The first-order valence-corrected chi connectivity index (χ1v) is 12.4. The first-order valence-electron chi connectivity index (χ1n) is 9.55. The summed E-state index contributed by atoms with van der Waals surface area (Å²) >= 11 is 7.61. The SMILES string of the molecule is CCn1c(SCc2ccc(F)cc2Cl)nc2cc(S(=O)(=O)N3CCOCC3)ccc21. The number of aryl methyl sites for hydroxylation is 1. The Morgan fingerprint density at radius 2 is 1.97 bits per heavy atom. The zero-order valence-electron chi connectivity index (χ0n) is 16.3. The summed E-state index contributed by atoms with van der Waals surface area (Å²) in [5.74, 6) is 0.157. The molecule has 1 aliphatic heterocycles. The summed E-state index contributed by atoms with van der Waals surface area (Å²) < 4.78 is 47.9. The first-order chi connectivity index (χ1) is 14.4. The van der Waals surface area contributed by atoms with E-state index >= 15 is 0 Å². The number of halogens is 2. The molecule has 0 amide bonds. The fourth-order valence-corrected chi connectivity index (χ4v) is 6.21. The topological polar surface area (TPSA) is 64.4 Å². The number of hydrogen-bond donors (Lipinski definition) is 0. The maximum Gasteiger partial charge on any atom is 0.243 e. The summed E-state index contributed by atoms with van der Waals surface area (Å²) in [6.07, 6.45) is 0.